The SMILES string of the molecule is ONC1CCCC1O. The number of hydrogen-bond acceptors (Lipinski definition) is 3. The Hall–Kier alpha value is -0.120. The molecular weight excluding hydrogens is 106 g/mol. The molecule has 1 fully saturated rings. The first-order valence-corrected chi connectivity index (χ1v) is 2.92. The summed E-state index contributed by atoms with van der Waals surface area (Å²) in [5, 5.41) is 17.3. The first kappa shape index (κ1) is 6.01. The van der Waals surface area contributed by atoms with Crippen molar-refractivity contribution in [3.8, 4) is 0 Å². The van der Waals surface area contributed by atoms with E-state index in [0.29, 0.717) is 0 Å². The second kappa shape index (κ2) is 2.44. The molecule has 0 spiro atoms. The van der Waals surface area contributed by atoms with Gasteiger partial charge in [0.05, 0.1) is 12.1 Å². The van der Waals surface area contributed by atoms with Crippen molar-refractivity contribution >= 4 is 0 Å². The standard InChI is InChI=1S/C5H11NO2/c7-5-3-1-2-4(5)6-8/h4-8H,1-3H2. The van der Waals surface area contributed by atoms with Gasteiger partial charge in [-0.05, 0) is 19.3 Å². The fourth-order valence-electron chi connectivity index (χ4n) is 1.09. The molecule has 0 aliphatic heterocycles. The van der Waals surface area contributed by atoms with Crippen molar-refractivity contribution in [2.75, 3.05) is 0 Å². The van der Waals surface area contributed by atoms with E-state index in [0.717, 1.165) is 19.3 Å². The van der Waals surface area contributed by atoms with Crippen molar-refractivity contribution in [1.29, 1.82) is 0 Å². The van der Waals surface area contributed by atoms with Crippen molar-refractivity contribution in [3.63, 3.8) is 0 Å². The molecule has 0 saturated heterocycles. The van der Waals surface area contributed by atoms with E-state index in [9.17, 15) is 0 Å². The third kappa shape index (κ3) is 0.992. The zero-order chi connectivity index (χ0) is 5.98. The Morgan fingerprint density at radius 1 is 1.38 bits per heavy atom. The summed E-state index contributed by atoms with van der Waals surface area (Å²) in [4.78, 5) is 0. The summed E-state index contributed by atoms with van der Waals surface area (Å²) in [5.74, 6) is 0. The predicted octanol–water partition coefficient (Wildman–Crippen LogP) is -0.121. The third-order valence-corrected chi connectivity index (χ3v) is 1.65. The molecule has 0 aromatic rings. The summed E-state index contributed by atoms with van der Waals surface area (Å²) < 4.78 is 0. The van der Waals surface area contributed by atoms with Gasteiger partial charge in [0, 0.05) is 0 Å². The summed E-state index contributed by atoms with van der Waals surface area (Å²) >= 11 is 0. The number of nitrogens with one attached hydrogen (secondary N) is 1. The average molecular weight is 117 g/mol. The van der Waals surface area contributed by atoms with Gasteiger partial charge < -0.3 is 10.3 Å². The summed E-state index contributed by atoms with van der Waals surface area (Å²) in [6.07, 6.45) is 2.38. The maximum absolute atomic E-state index is 8.97. The highest BCUT2D eigenvalue weighted by Crippen LogP contribution is 2.17. The second-order valence-corrected chi connectivity index (χ2v) is 2.23. The van der Waals surface area contributed by atoms with Gasteiger partial charge in [-0.25, -0.2) is 0 Å². The molecule has 1 saturated carbocycles. The molecule has 8 heavy (non-hydrogen) atoms. The number of rotatable bonds is 1. The fraction of sp³-hybridized carbons (Fsp3) is 1.00. The van der Waals surface area contributed by atoms with Gasteiger partial charge in [0.15, 0.2) is 0 Å². The molecular formula is C5H11NO2. The molecule has 3 nitrogen and oxygen atoms in total. The molecule has 0 amide bonds. The van der Waals surface area contributed by atoms with Crippen molar-refractivity contribution < 1.29 is 10.3 Å². The summed E-state index contributed by atoms with van der Waals surface area (Å²) in [7, 11) is 0. The molecule has 0 radical (unpaired) electrons. The molecule has 3 heteroatoms. The lowest BCUT2D eigenvalue weighted by Crippen LogP contribution is -2.32. The van der Waals surface area contributed by atoms with Gasteiger partial charge in [0.2, 0.25) is 0 Å². The van der Waals surface area contributed by atoms with Crippen LogP contribution >= 0.6 is 0 Å². The number of aliphatic hydroxyl groups is 1. The molecule has 1 rings (SSSR count). The van der Waals surface area contributed by atoms with Gasteiger partial charge >= 0.3 is 0 Å². The number of aliphatic hydroxyl groups excluding tert-OH is 1. The van der Waals surface area contributed by atoms with Crippen LogP contribution in [0.4, 0.5) is 0 Å². The minimum Gasteiger partial charge on any atom is -0.391 e. The van der Waals surface area contributed by atoms with Crippen molar-refractivity contribution in [2.45, 2.75) is 31.4 Å². The van der Waals surface area contributed by atoms with Gasteiger partial charge in [0.1, 0.15) is 0 Å². The first-order valence-electron chi connectivity index (χ1n) is 2.92. The highest BCUT2D eigenvalue weighted by atomic mass is 16.5. The van der Waals surface area contributed by atoms with Gasteiger partial charge in [-0.15, -0.1) is 0 Å². The summed E-state index contributed by atoms with van der Waals surface area (Å²) in [6.45, 7) is 0. The lowest BCUT2D eigenvalue weighted by molar-refractivity contribution is 0.0570. The van der Waals surface area contributed by atoms with Gasteiger partial charge in [-0.3, -0.25) is 0 Å². The second-order valence-electron chi connectivity index (χ2n) is 2.23. The van der Waals surface area contributed by atoms with Crippen LogP contribution in [0.2, 0.25) is 0 Å². The Balaban J connectivity index is 2.30. The Morgan fingerprint density at radius 3 is 2.38 bits per heavy atom. The number of hydrogen-bond donors (Lipinski definition) is 3. The lowest BCUT2D eigenvalue weighted by Gasteiger charge is -2.09. The summed E-state index contributed by atoms with van der Waals surface area (Å²) in [6, 6.07) is -0.0741. The highest BCUT2D eigenvalue weighted by molar-refractivity contribution is 4.79. The maximum Gasteiger partial charge on any atom is 0.0716 e. The molecule has 3 N–H and O–H groups in total. The first-order chi connectivity index (χ1) is 3.84. The fourth-order valence-corrected chi connectivity index (χ4v) is 1.09. The highest BCUT2D eigenvalue weighted by Gasteiger charge is 2.23. The molecule has 2 unspecified atom stereocenters. The largest absolute Gasteiger partial charge is 0.391 e. The van der Waals surface area contributed by atoms with Crippen LogP contribution in [0.3, 0.4) is 0 Å². The van der Waals surface area contributed by atoms with Gasteiger partial charge in [0.25, 0.3) is 0 Å². The van der Waals surface area contributed by atoms with Crippen LogP contribution in [0.5, 0.6) is 0 Å². The van der Waals surface area contributed by atoms with Crippen molar-refractivity contribution in [1.82, 2.24) is 5.48 Å². The zero-order valence-corrected chi connectivity index (χ0v) is 4.67. The van der Waals surface area contributed by atoms with Crippen LogP contribution < -0.4 is 5.48 Å². The smallest absolute Gasteiger partial charge is 0.0716 e. The summed E-state index contributed by atoms with van der Waals surface area (Å²) in [5.41, 5.74) is 2.06. The molecule has 0 bridgehead atoms. The monoisotopic (exact) mass is 117 g/mol. The van der Waals surface area contributed by atoms with Gasteiger partial charge in [-0.1, -0.05) is 0 Å². The van der Waals surface area contributed by atoms with Crippen LogP contribution in [0.1, 0.15) is 19.3 Å². The molecule has 1 aliphatic rings. The minimum absolute atomic E-state index is 0.0741. The van der Waals surface area contributed by atoms with E-state index in [1.165, 1.54) is 0 Å². The predicted molar refractivity (Wildman–Crippen MR) is 28.6 cm³/mol. The van der Waals surface area contributed by atoms with E-state index in [1.807, 2.05) is 0 Å². The Kier molecular flexibility index (Phi) is 1.83. The maximum atomic E-state index is 8.97. The topological polar surface area (TPSA) is 52.5 Å². The molecule has 48 valence electrons. The van der Waals surface area contributed by atoms with Crippen LogP contribution in [0, 0.1) is 0 Å². The van der Waals surface area contributed by atoms with Crippen molar-refractivity contribution in [2.24, 2.45) is 0 Å². The molecule has 0 aromatic carbocycles. The van der Waals surface area contributed by atoms with Crippen LogP contribution in [0.15, 0.2) is 0 Å². The van der Waals surface area contributed by atoms with E-state index in [-0.39, 0.29) is 12.1 Å². The Morgan fingerprint density at radius 2 is 2.12 bits per heavy atom. The Labute approximate surface area is 48.3 Å². The van der Waals surface area contributed by atoms with E-state index in [4.69, 9.17) is 10.3 Å². The third-order valence-electron chi connectivity index (χ3n) is 1.65. The minimum atomic E-state index is -0.333. The van der Waals surface area contributed by atoms with E-state index < -0.39 is 0 Å². The van der Waals surface area contributed by atoms with Crippen LogP contribution in [-0.4, -0.2) is 22.5 Å². The van der Waals surface area contributed by atoms with E-state index in [1.54, 1.807) is 0 Å². The van der Waals surface area contributed by atoms with Crippen molar-refractivity contribution in [3.05, 3.63) is 0 Å². The van der Waals surface area contributed by atoms with Crippen LogP contribution in [-0.2, 0) is 0 Å². The van der Waals surface area contributed by atoms with E-state index >= 15 is 0 Å². The van der Waals surface area contributed by atoms with Gasteiger partial charge in [-0.2, -0.15) is 5.48 Å². The normalized spacial score (nSPS) is 38.2. The molecule has 0 heterocycles. The molecule has 0 aromatic heterocycles. The lowest BCUT2D eigenvalue weighted by atomic mass is 10.2. The molecule has 1 aliphatic carbocycles. The van der Waals surface area contributed by atoms with E-state index in [2.05, 4.69) is 5.48 Å². The molecule has 2 atom stereocenters. The van der Waals surface area contributed by atoms with Crippen LogP contribution in [0.25, 0.3) is 0 Å². The zero-order valence-electron chi connectivity index (χ0n) is 4.67. The number of hydroxylamine groups is 1. The quantitative estimate of drug-likeness (QED) is 0.420. The average Bonchev–Trinajstić information content (AvgIpc) is 2.14. The Bertz CT molecular complexity index is 76.8.